The van der Waals surface area contributed by atoms with Crippen molar-refractivity contribution in [2.45, 2.75) is 78.6 Å². The van der Waals surface area contributed by atoms with Gasteiger partial charge >= 0.3 is 0 Å². The molecule has 12 heteroatoms. The summed E-state index contributed by atoms with van der Waals surface area (Å²) >= 11 is 0. The van der Waals surface area contributed by atoms with Crippen LogP contribution in [0.5, 0.6) is 0 Å². The molecule has 47 heavy (non-hydrogen) atoms. The van der Waals surface area contributed by atoms with E-state index in [1.54, 1.807) is 0 Å². The summed E-state index contributed by atoms with van der Waals surface area (Å²) in [5, 5.41) is 0. The molecule has 0 aromatic heterocycles. The molecule has 0 radical (unpaired) electrons. The smallest absolute Gasteiger partial charge is 0.208 e. The minimum Gasteiger partial charge on any atom is -0.480 e. The van der Waals surface area contributed by atoms with Crippen molar-refractivity contribution in [3.63, 3.8) is 0 Å². The molecule has 0 spiro atoms. The van der Waals surface area contributed by atoms with Gasteiger partial charge in [-0.2, -0.15) is 0 Å². The fourth-order valence-corrected chi connectivity index (χ4v) is 8.01. The zero-order valence-corrected chi connectivity index (χ0v) is 28.7. The first-order chi connectivity index (χ1) is 23.1. The second-order valence-corrected chi connectivity index (χ2v) is 13.6. The molecule has 6 aliphatic heterocycles. The standard InChI is InChI=1S/C35H54N6O6/c1-4-27(25(2)23-34(28-36-11-5-17-42-28,29-37-12-6-18-43-29)30-38-13-7-19-44-30)26(3)24-35(31-39-14-8-20-45-31,32-40-15-9-21-46-32)33-41-16-10-22-47-33/h25-27H,4-24H2,1-3H3. The maximum atomic E-state index is 6.37. The maximum absolute atomic E-state index is 6.37. The Hall–Kier alpha value is -3.18. The Bertz CT molecular complexity index is 1050. The predicted octanol–water partition coefficient (Wildman–Crippen LogP) is 4.95. The highest BCUT2D eigenvalue weighted by molar-refractivity contribution is 6.23. The van der Waals surface area contributed by atoms with Gasteiger partial charge in [0.1, 0.15) is 0 Å². The summed E-state index contributed by atoms with van der Waals surface area (Å²) < 4.78 is 38.2. The highest BCUT2D eigenvalue weighted by Gasteiger charge is 2.56. The van der Waals surface area contributed by atoms with Crippen LogP contribution in [0.4, 0.5) is 0 Å². The van der Waals surface area contributed by atoms with E-state index < -0.39 is 10.8 Å². The number of nitrogens with zero attached hydrogens (tertiary/aromatic N) is 6. The third-order valence-electron chi connectivity index (χ3n) is 10.2. The molecule has 0 saturated carbocycles. The molecule has 260 valence electrons. The van der Waals surface area contributed by atoms with Gasteiger partial charge in [0.05, 0.1) is 39.6 Å². The fourth-order valence-electron chi connectivity index (χ4n) is 8.01. The monoisotopic (exact) mass is 654 g/mol. The summed E-state index contributed by atoms with van der Waals surface area (Å²) in [5.74, 6) is 4.43. The molecule has 0 fully saturated rings. The summed E-state index contributed by atoms with van der Waals surface area (Å²) in [4.78, 5) is 29.7. The van der Waals surface area contributed by atoms with Crippen LogP contribution >= 0.6 is 0 Å². The van der Waals surface area contributed by atoms with Crippen LogP contribution in [-0.4, -0.2) is 114 Å². The van der Waals surface area contributed by atoms with Crippen molar-refractivity contribution in [3.8, 4) is 0 Å². The van der Waals surface area contributed by atoms with E-state index >= 15 is 0 Å². The molecular formula is C35H54N6O6. The quantitative estimate of drug-likeness (QED) is 0.276. The largest absolute Gasteiger partial charge is 0.480 e. The van der Waals surface area contributed by atoms with E-state index in [2.05, 4.69) is 20.8 Å². The second-order valence-electron chi connectivity index (χ2n) is 13.6. The lowest BCUT2D eigenvalue weighted by Crippen LogP contribution is -2.54. The predicted molar refractivity (Wildman–Crippen MR) is 183 cm³/mol. The van der Waals surface area contributed by atoms with Crippen LogP contribution < -0.4 is 0 Å². The van der Waals surface area contributed by atoms with E-state index in [4.69, 9.17) is 58.4 Å². The van der Waals surface area contributed by atoms with E-state index in [0.717, 1.165) is 44.9 Å². The van der Waals surface area contributed by atoms with Crippen LogP contribution in [-0.2, 0) is 28.4 Å². The van der Waals surface area contributed by atoms with Gasteiger partial charge in [-0.3, -0.25) is 30.0 Å². The summed E-state index contributed by atoms with van der Waals surface area (Å²) in [6, 6.07) is 0. The number of rotatable bonds is 13. The van der Waals surface area contributed by atoms with E-state index in [1.807, 2.05) is 0 Å². The van der Waals surface area contributed by atoms with Gasteiger partial charge < -0.3 is 28.4 Å². The molecule has 6 aliphatic rings. The Morgan fingerprint density at radius 1 is 0.447 bits per heavy atom. The highest BCUT2D eigenvalue weighted by atomic mass is 16.5. The minimum absolute atomic E-state index is 0.181. The Morgan fingerprint density at radius 3 is 0.851 bits per heavy atom. The topological polar surface area (TPSA) is 130 Å². The van der Waals surface area contributed by atoms with E-state index in [1.165, 1.54) is 0 Å². The Balaban J connectivity index is 1.38. The molecule has 2 atom stereocenters. The van der Waals surface area contributed by atoms with Crippen LogP contribution in [0, 0.1) is 28.6 Å². The van der Waals surface area contributed by atoms with Gasteiger partial charge in [-0.1, -0.05) is 27.2 Å². The number of aliphatic imine (C=N–C) groups is 6. The minimum atomic E-state index is -0.894. The molecule has 0 aliphatic carbocycles. The van der Waals surface area contributed by atoms with Gasteiger partial charge in [0.15, 0.2) is 10.8 Å². The van der Waals surface area contributed by atoms with Gasteiger partial charge in [0.25, 0.3) is 0 Å². The Morgan fingerprint density at radius 2 is 0.681 bits per heavy atom. The van der Waals surface area contributed by atoms with Crippen LogP contribution in [0.1, 0.15) is 78.6 Å². The molecule has 0 aromatic carbocycles. The van der Waals surface area contributed by atoms with Crippen LogP contribution in [0.2, 0.25) is 0 Å². The molecule has 0 aromatic rings. The lowest BCUT2D eigenvalue weighted by atomic mass is 9.66. The zero-order valence-electron chi connectivity index (χ0n) is 28.7. The van der Waals surface area contributed by atoms with Crippen molar-refractivity contribution in [3.05, 3.63) is 0 Å². The summed E-state index contributed by atoms with van der Waals surface area (Å²) in [6.07, 6.45) is 7.58. The van der Waals surface area contributed by atoms with Gasteiger partial charge in [0.2, 0.25) is 35.4 Å². The van der Waals surface area contributed by atoms with Gasteiger partial charge in [-0.15, -0.1) is 0 Å². The van der Waals surface area contributed by atoms with Crippen molar-refractivity contribution >= 4 is 35.4 Å². The summed E-state index contributed by atoms with van der Waals surface area (Å²) in [6.45, 7) is 14.8. The molecule has 6 heterocycles. The Kier molecular flexibility index (Phi) is 11.3. The fraction of sp³-hybridized carbons (Fsp3) is 0.829. The third-order valence-corrected chi connectivity index (χ3v) is 10.2. The lowest BCUT2D eigenvalue weighted by Gasteiger charge is -2.43. The van der Waals surface area contributed by atoms with Gasteiger partial charge in [0, 0.05) is 77.8 Å². The maximum Gasteiger partial charge on any atom is 0.208 e. The van der Waals surface area contributed by atoms with Gasteiger partial charge in [-0.05, 0) is 30.6 Å². The average Bonchev–Trinajstić information content (AvgIpc) is 3.15. The van der Waals surface area contributed by atoms with Crippen molar-refractivity contribution < 1.29 is 28.4 Å². The van der Waals surface area contributed by atoms with Crippen molar-refractivity contribution in [2.24, 2.45) is 58.5 Å². The van der Waals surface area contributed by atoms with Crippen molar-refractivity contribution in [1.29, 1.82) is 0 Å². The van der Waals surface area contributed by atoms with Crippen LogP contribution in [0.25, 0.3) is 0 Å². The van der Waals surface area contributed by atoms with Crippen molar-refractivity contribution in [1.82, 2.24) is 0 Å². The molecule has 12 nitrogen and oxygen atoms in total. The SMILES string of the molecule is CCC(C(C)CC(C1=NCCCO1)(C1=NCCCO1)C1=NCCCO1)C(C)CC(C1=NCCCO1)(C1=NCCCO1)C1=NCCCO1. The van der Waals surface area contributed by atoms with Crippen LogP contribution in [0.3, 0.4) is 0 Å². The number of ether oxygens (including phenoxy) is 6. The first-order valence-electron chi connectivity index (χ1n) is 18.2. The number of hydrogen-bond acceptors (Lipinski definition) is 12. The molecule has 0 N–H and O–H groups in total. The van der Waals surface area contributed by atoms with Gasteiger partial charge in [-0.25, -0.2) is 0 Å². The molecule has 6 rings (SSSR count). The van der Waals surface area contributed by atoms with E-state index in [9.17, 15) is 0 Å². The lowest BCUT2D eigenvalue weighted by molar-refractivity contribution is 0.142. The summed E-state index contributed by atoms with van der Waals surface area (Å²) in [7, 11) is 0. The van der Waals surface area contributed by atoms with Crippen molar-refractivity contribution in [2.75, 3.05) is 78.9 Å². The molecule has 0 amide bonds. The first-order valence-corrected chi connectivity index (χ1v) is 18.2. The molecule has 0 saturated heterocycles. The molecule has 0 bridgehead atoms. The first kappa shape index (κ1) is 33.7. The zero-order chi connectivity index (χ0) is 32.5. The summed E-state index contributed by atoms with van der Waals surface area (Å²) in [5.41, 5.74) is -1.79. The van der Waals surface area contributed by atoms with E-state index in [-0.39, 0.29) is 17.8 Å². The molecular weight excluding hydrogens is 600 g/mol. The third kappa shape index (κ3) is 7.02. The second kappa shape index (κ2) is 15.8. The highest BCUT2D eigenvalue weighted by Crippen LogP contribution is 2.45. The normalized spacial score (nSPS) is 24.3. The molecule has 2 unspecified atom stereocenters. The number of hydrogen-bond donors (Lipinski definition) is 0. The van der Waals surface area contributed by atoms with E-state index in [0.29, 0.717) is 127 Å². The average molecular weight is 655 g/mol. The Labute approximate surface area is 279 Å². The van der Waals surface area contributed by atoms with Crippen LogP contribution in [0.15, 0.2) is 30.0 Å².